The van der Waals surface area contributed by atoms with Crippen molar-refractivity contribution in [3.8, 4) is 6.26 Å². The highest BCUT2D eigenvalue weighted by Crippen LogP contribution is 2.27. The van der Waals surface area contributed by atoms with E-state index in [4.69, 9.17) is 10.00 Å². The minimum atomic E-state index is -0.103. The first-order valence-corrected chi connectivity index (χ1v) is 5.23. The molecule has 0 bridgehead atoms. The van der Waals surface area contributed by atoms with Gasteiger partial charge in [0.2, 0.25) is 0 Å². The van der Waals surface area contributed by atoms with Gasteiger partial charge >= 0.3 is 0 Å². The van der Waals surface area contributed by atoms with Gasteiger partial charge in [0.15, 0.2) is 0 Å². The van der Waals surface area contributed by atoms with Crippen LogP contribution in [-0.2, 0) is 4.74 Å². The average Bonchev–Trinajstić information content (AvgIpc) is 2.24. The van der Waals surface area contributed by atoms with Gasteiger partial charge in [0.05, 0.1) is 0 Å². The highest BCUT2D eigenvalue weighted by molar-refractivity contribution is 5.39. The number of aryl methyl sites for hydroxylation is 1. The second kappa shape index (κ2) is 4.84. The Bertz CT molecular complexity index is 390. The van der Waals surface area contributed by atoms with E-state index in [1.165, 1.54) is 16.7 Å². The summed E-state index contributed by atoms with van der Waals surface area (Å²) in [6.07, 6.45) is 2.49. The summed E-state index contributed by atoms with van der Waals surface area (Å²) in [4.78, 5) is 0. The summed E-state index contributed by atoms with van der Waals surface area (Å²) in [6, 6.07) is 4.14. The number of nitriles is 1. The third-order valence-electron chi connectivity index (χ3n) is 3.01. The zero-order chi connectivity index (χ0) is 11.4. The first-order chi connectivity index (χ1) is 7.11. The van der Waals surface area contributed by atoms with Crippen molar-refractivity contribution in [2.24, 2.45) is 0 Å². The van der Waals surface area contributed by atoms with Crippen molar-refractivity contribution in [2.45, 2.75) is 40.2 Å². The molecule has 2 heteroatoms. The molecule has 0 fully saturated rings. The second-order valence-corrected chi connectivity index (χ2v) is 3.83. The molecule has 1 atom stereocenters. The maximum Gasteiger partial charge on any atom is 0.286 e. The Morgan fingerprint density at radius 3 is 2.47 bits per heavy atom. The van der Waals surface area contributed by atoms with Gasteiger partial charge in [-0.1, -0.05) is 19.1 Å². The predicted molar refractivity (Wildman–Crippen MR) is 60.4 cm³/mol. The summed E-state index contributed by atoms with van der Waals surface area (Å²) < 4.78 is 5.06. The number of nitrogens with zero attached hydrogens (tertiary/aromatic N) is 1. The van der Waals surface area contributed by atoms with Gasteiger partial charge in [0.1, 0.15) is 6.10 Å². The molecule has 0 N–H and O–H groups in total. The standard InChI is InChI=1S/C13H17NO/c1-5-13(15-8-14)12-7-6-9(2)10(3)11(12)4/h6-7,13H,5H2,1-4H3/t13-/m1/s1. The SMILES string of the molecule is CC[C@@H](OC#N)c1ccc(C)c(C)c1C. The molecular weight excluding hydrogens is 186 g/mol. The molecule has 1 aromatic carbocycles. The van der Waals surface area contributed by atoms with Gasteiger partial charge in [-0.3, -0.25) is 0 Å². The smallest absolute Gasteiger partial charge is 0.286 e. The Hall–Kier alpha value is -1.49. The van der Waals surface area contributed by atoms with Gasteiger partial charge in [-0.2, -0.15) is 5.26 Å². The highest BCUT2D eigenvalue weighted by Gasteiger charge is 2.14. The van der Waals surface area contributed by atoms with Crippen molar-refractivity contribution >= 4 is 0 Å². The monoisotopic (exact) mass is 203 g/mol. The molecule has 1 rings (SSSR count). The van der Waals surface area contributed by atoms with E-state index in [2.05, 4.69) is 32.9 Å². The number of benzene rings is 1. The molecule has 0 aliphatic heterocycles. The maximum atomic E-state index is 8.57. The summed E-state index contributed by atoms with van der Waals surface area (Å²) >= 11 is 0. The zero-order valence-corrected chi connectivity index (χ0v) is 9.79. The summed E-state index contributed by atoms with van der Waals surface area (Å²) in [5, 5.41) is 8.57. The third-order valence-corrected chi connectivity index (χ3v) is 3.01. The summed E-state index contributed by atoms with van der Waals surface area (Å²) in [6.45, 7) is 8.31. The lowest BCUT2D eigenvalue weighted by molar-refractivity contribution is 0.159. The van der Waals surface area contributed by atoms with Crippen molar-refractivity contribution < 1.29 is 4.74 Å². The highest BCUT2D eigenvalue weighted by atomic mass is 16.5. The second-order valence-electron chi connectivity index (χ2n) is 3.83. The Balaban J connectivity index is 3.14. The molecule has 0 saturated carbocycles. The van der Waals surface area contributed by atoms with E-state index in [1.807, 2.05) is 6.92 Å². The quantitative estimate of drug-likeness (QED) is 0.704. The number of hydrogen-bond acceptors (Lipinski definition) is 2. The van der Waals surface area contributed by atoms with Gasteiger partial charge in [-0.25, -0.2) is 0 Å². The van der Waals surface area contributed by atoms with Crippen LogP contribution in [0.3, 0.4) is 0 Å². The lowest BCUT2D eigenvalue weighted by Gasteiger charge is -2.17. The molecule has 0 unspecified atom stereocenters. The van der Waals surface area contributed by atoms with Crippen LogP contribution in [0.1, 0.15) is 41.7 Å². The minimum Gasteiger partial charge on any atom is -0.419 e. The van der Waals surface area contributed by atoms with E-state index in [0.29, 0.717) is 0 Å². The third kappa shape index (κ3) is 2.30. The van der Waals surface area contributed by atoms with Gasteiger partial charge in [-0.15, -0.1) is 0 Å². The van der Waals surface area contributed by atoms with E-state index in [1.54, 1.807) is 6.26 Å². The lowest BCUT2D eigenvalue weighted by Crippen LogP contribution is -2.03. The fraction of sp³-hybridized carbons (Fsp3) is 0.462. The molecular formula is C13H17NO. The van der Waals surface area contributed by atoms with Crippen LogP contribution in [0.4, 0.5) is 0 Å². The summed E-state index contributed by atoms with van der Waals surface area (Å²) in [7, 11) is 0. The molecule has 0 radical (unpaired) electrons. The maximum absolute atomic E-state index is 8.57. The fourth-order valence-electron chi connectivity index (χ4n) is 1.76. The molecule has 0 spiro atoms. The molecule has 2 nitrogen and oxygen atoms in total. The number of rotatable bonds is 3. The first kappa shape index (κ1) is 11.6. The van der Waals surface area contributed by atoms with Crippen molar-refractivity contribution in [3.63, 3.8) is 0 Å². The van der Waals surface area contributed by atoms with Gasteiger partial charge in [0.25, 0.3) is 6.26 Å². The molecule has 1 aromatic rings. The van der Waals surface area contributed by atoms with Crippen LogP contribution in [0.5, 0.6) is 0 Å². The number of hydrogen-bond donors (Lipinski definition) is 0. The summed E-state index contributed by atoms with van der Waals surface area (Å²) in [5.74, 6) is 0. The van der Waals surface area contributed by atoms with Crippen LogP contribution in [0.15, 0.2) is 12.1 Å². The van der Waals surface area contributed by atoms with E-state index in [0.717, 1.165) is 12.0 Å². The van der Waals surface area contributed by atoms with E-state index >= 15 is 0 Å². The van der Waals surface area contributed by atoms with Crippen molar-refractivity contribution in [2.75, 3.05) is 0 Å². The molecule has 0 amide bonds. The van der Waals surface area contributed by atoms with Crippen LogP contribution in [-0.4, -0.2) is 0 Å². The fourth-order valence-corrected chi connectivity index (χ4v) is 1.76. The molecule has 0 aromatic heterocycles. The van der Waals surface area contributed by atoms with Gasteiger partial charge in [-0.05, 0) is 49.4 Å². The first-order valence-electron chi connectivity index (χ1n) is 5.23. The van der Waals surface area contributed by atoms with Crippen LogP contribution in [0.25, 0.3) is 0 Å². The van der Waals surface area contributed by atoms with Crippen molar-refractivity contribution in [3.05, 3.63) is 34.4 Å². The van der Waals surface area contributed by atoms with E-state index in [-0.39, 0.29) is 6.10 Å². The van der Waals surface area contributed by atoms with E-state index in [9.17, 15) is 0 Å². The Morgan fingerprint density at radius 1 is 1.27 bits per heavy atom. The largest absolute Gasteiger partial charge is 0.419 e. The Morgan fingerprint density at radius 2 is 1.93 bits per heavy atom. The van der Waals surface area contributed by atoms with Gasteiger partial charge < -0.3 is 4.74 Å². The molecule has 0 heterocycles. The lowest BCUT2D eigenvalue weighted by atomic mass is 9.94. The normalized spacial score (nSPS) is 11.9. The van der Waals surface area contributed by atoms with Crippen LogP contribution in [0, 0.1) is 32.3 Å². The van der Waals surface area contributed by atoms with E-state index < -0.39 is 0 Å². The average molecular weight is 203 g/mol. The van der Waals surface area contributed by atoms with Crippen molar-refractivity contribution in [1.29, 1.82) is 5.26 Å². The number of ether oxygens (including phenoxy) is 1. The Kier molecular flexibility index (Phi) is 3.74. The van der Waals surface area contributed by atoms with Crippen LogP contribution >= 0.6 is 0 Å². The van der Waals surface area contributed by atoms with Crippen LogP contribution < -0.4 is 0 Å². The molecule has 0 aliphatic rings. The molecule has 80 valence electrons. The molecule has 15 heavy (non-hydrogen) atoms. The minimum absolute atomic E-state index is 0.103. The zero-order valence-electron chi connectivity index (χ0n) is 9.79. The molecule has 0 aliphatic carbocycles. The van der Waals surface area contributed by atoms with Gasteiger partial charge in [0, 0.05) is 0 Å². The topological polar surface area (TPSA) is 33.0 Å². The predicted octanol–water partition coefficient (Wildman–Crippen LogP) is 3.56. The van der Waals surface area contributed by atoms with Crippen LogP contribution in [0.2, 0.25) is 0 Å². The Labute approximate surface area is 91.5 Å². The molecule has 0 saturated heterocycles. The summed E-state index contributed by atoms with van der Waals surface area (Å²) in [5.41, 5.74) is 4.93. The van der Waals surface area contributed by atoms with Crippen molar-refractivity contribution in [1.82, 2.24) is 0 Å².